The number of carbonyl (C=O) groups is 2. The topological polar surface area (TPSA) is 131 Å². The minimum absolute atomic E-state index is 0.00410. The number of imidazole rings is 1. The van der Waals surface area contributed by atoms with Crippen LogP contribution < -0.4 is 10.1 Å². The standard InChI is InChI=1S/C20H15ClN6O4/c1-31-14-8-2-11(3-9-14)15(28)10-16-23-18(29)17-25-26-19(27(16)17)24-20(30)22-13-6-4-12(21)5-7-13/h2-9,29H,10H2,1H3,(H,22,30)/b24-19+. The number of rotatable bonds is 5. The minimum Gasteiger partial charge on any atom is -0.497 e. The van der Waals surface area contributed by atoms with Crippen LogP contribution in [0, 0.1) is 0 Å². The quantitative estimate of drug-likeness (QED) is 0.576. The number of benzene rings is 2. The fraction of sp³-hybridized carbons (Fsp3) is 0.100. The molecule has 0 aliphatic carbocycles. The molecule has 0 atom stereocenters. The first-order valence-corrected chi connectivity index (χ1v) is 9.37. The van der Waals surface area contributed by atoms with Crippen molar-refractivity contribution in [3.05, 3.63) is 64.9 Å². The summed E-state index contributed by atoms with van der Waals surface area (Å²) < 4.78 is 6.35. The fourth-order valence-corrected chi connectivity index (χ4v) is 3.00. The molecule has 0 saturated heterocycles. The number of Topliss-reactive ketones (excluding diaryl/α,β-unsaturated/α-hetero) is 1. The molecule has 0 fully saturated rings. The summed E-state index contributed by atoms with van der Waals surface area (Å²) in [6.45, 7) is 0. The van der Waals surface area contributed by atoms with E-state index in [9.17, 15) is 14.7 Å². The van der Waals surface area contributed by atoms with Gasteiger partial charge in [-0.1, -0.05) is 11.6 Å². The van der Waals surface area contributed by atoms with Gasteiger partial charge >= 0.3 is 6.03 Å². The van der Waals surface area contributed by atoms with Gasteiger partial charge in [-0.2, -0.15) is 9.98 Å². The number of aromatic nitrogens is 2. The number of aliphatic imine (C=N–C) groups is 1. The Balaban J connectivity index is 1.55. The highest BCUT2D eigenvalue weighted by molar-refractivity contribution is 6.30. The van der Waals surface area contributed by atoms with Crippen LogP contribution >= 0.6 is 11.6 Å². The van der Waals surface area contributed by atoms with E-state index < -0.39 is 11.9 Å². The van der Waals surface area contributed by atoms with Gasteiger partial charge in [-0.15, -0.1) is 10.2 Å². The van der Waals surface area contributed by atoms with Crippen molar-refractivity contribution in [2.24, 2.45) is 15.2 Å². The first-order chi connectivity index (χ1) is 14.9. The highest BCUT2D eigenvalue weighted by atomic mass is 35.5. The summed E-state index contributed by atoms with van der Waals surface area (Å²) in [5, 5.41) is 20.7. The second-order valence-corrected chi connectivity index (χ2v) is 6.82. The van der Waals surface area contributed by atoms with Gasteiger partial charge in [0.05, 0.1) is 13.5 Å². The van der Waals surface area contributed by atoms with Gasteiger partial charge in [0.2, 0.25) is 5.82 Å². The maximum Gasteiger partial charge on any atom is 0.348 e. The summed E-state index contributed by atoms with van der Waals surface area (Å²) in [6, 6.07) is 12.3. The number of urea groups is 1. The second kappa shape index (κ2) is 8.36. The van der Waals surface area contributed by atoms with Gasteiger partial charge in [0.1, 0.15) is 11.6 Å². The van der Waals surface area contributed by atoms with E-state index in [0.717, 1.165) is 0 Å². The Labute approximate surface area is 180 Å². The molecule has 2 heterocycles. The van der Waals surface area contributed by atoms with Crippen molar-refractivity contribution in [1.29, 1.82) is 0 Å². The van der Waals surface area contributed by atoms with E-state index in [-0.39, 0.29) is 29.8 Å². The van der Waals surface area contributed by atoms with Crippen molar-refractivity contribution in [1.82, 2.24) is 9.55 Å². The molecule has 1 aliphatic heterocycles. The lowest BCUT2D eigenvalue weighted by molar-refractivity contribution is 0.0990. The Morgan fingerprint density at radius 3 is 2.52 bits per heavy atom. The molecule has 2 aromatic carbocycles. The molecule has 11 heteroatoms. The van der Waals surface area contributed by atoms with Crippen LogP contribution in [0.25, 0.3) is 0 Å². The number of methoxy groups -OCH3 is 1. The van der Waals surface area contributed by atoms with Crippen LogP contribution in [0.2, 0.25) is 5.02 Å². The summed E-state index contributed by atoms with van der Waals surface area (Å²) in [5.41, 5.74) is 0.917. The minimum atomic E-state index is -0.718. The van der Waals surface area contributed by atoms with Gasteiger partial charge in [-0.25, -0.2) is 9.36 Å². The Morgan fingerprint density at radius 2 is 1.84 bits per heavy atom. The number of carbonyl (C=O) groups excluding carboxylic acids is 2. The molecule has 2 N–H and O–H groups in total. The molecule has 3 aromatic rings. The lowest BCUT2D eigenvalue weighted by Gasteiger charge is -2.05. The molecule has 0 unspecified atom stereocenters. The Morgan fingerprint density at radius 1 is 1.13 bits per heavy atom. The average molecular weight is 439 g/mol. The maximum absolute atomic E-state index is 12.7. The molecule has 2 amide bonds. The van der Waals surface area contributed by atoms with Crippen molar-refractivity contribution in [3.63, 3.8) is 0 Å². The second-order valence-electron chi connectivity index (χ2n) is 6.39. The van der Waals surface area contributed by atoms with E-state index in [2.05, 4.69) is 25.5 Å². The van der Waals surface area contributed by atoms with E-state index in [1.165, 1.54) is 11.7 Å². The van der Waals surface area contributed by atoms with Crippen LogP contribution in [0.1, 0.15) is 16.2 Å². The van der Waals surface area contributed by atoms with Crippen LogP contribution in [0.3, 0.4) is 0 Å². The van der Waals surface area contributed by atoms with Crippen molar-refractivity contribution in [2.45, 2.75) is 6.42 Å². The first kappa shape index (κ1) is 20.2. The van der Waals surface area contributed by atoms with Crippen molar-refractivity contribution in [3.8, 4) is 11.6 Å². The van der Waals surface area contributed by atoms with Crippen molar-refractivity contribution < 1.29 is 19.4 Å². The van der Waals surface area contributed by atoms with Gasteiger partial charge in [0, 0.05) is 16.3 Å². The number of hydrogen-bond donors (Lipinski definition) is 2. The van der Waals surface area contributed by atoms with Crippen molar-refractivity contribution >= 4 is 40.9 Å². The first-order valence-electron chi connectivity index (χ1n) is 9.00. The molecule has 0 radical (unpaired) electrons. The summed E-state index contributed by atoms with van der Waals surface area (Å²) in [7, 11) is 1.53. The van der Waals surface area contributed by atoms with E-state index >= 15 is 0 Å². The number of azo groups is 1. The number of amides is 2. The zero-order valence-corrected chi connectivity index (χ0v) is 16.9. The largest absolute Gasteiger partial charge is 0.497 e. The van der Waals surface area contributed by atoms with Gasteiger partial charge in [0.25, 0.3) is 11.8 Å². The third-order valence-corrected chi connectivity index (χ3v) is 4.62. The summed E-state index contributed by atoms with van der Waals surface area (Å²) in [4.78, 5) is 32.8. The molecule has 4 rings (SSSR count). The van der Waals surface area contributed by atoms with Crippen LogP contribution in [0.4, 0.5) is 16.3 Å². The molecule has 31 heavy (non-hydrogen) atoms. The van der Waals surface area contributed by atoms with Gasteiger partial charge in [-0.3, -0.25) is 4.79 Å². The number of nitrogens with zero attached hydrogens (tertiary/aromatic N) is 5. The maximum atomic E-state index is 12.7. The van der Waals surface area contributed by atoms with Gasteiger partial charge in [0.15, 0.2) is 5.78 Å². The molecular weight excluding hydrogens is 424 g/mol. The number of aromatic hydroxyl groups is 1. The molecule has 0 spiro atoms. The number of halogens is 1. The highest BCUT2D eigenvalue weighted by Gasteiger charge is 2.27. The number of anilines is 1. The van der Waals surface area contributed by atoms with Gasteiger partial charge < -0.3 is 15.2 Å². The number of hydrogen-bond acceptors (Lipinski definition) is 6. The summed E-state index contributed by atoms with van der Waals surface area (Å²) in [5.74, 6) is -0.0229. The summed E-state index contributed by atoms with van der Waals surface area (Å²) >= 11 is 5.83. The smallest absolute Gasteiger partial charge is 0.348 e. The van der Waals surface area contributed by atoms with Crippen molar-refractivity contribution in [2.75, 3.05) is 12.4 Å². The van der Waals surface area contributed by atoms with E-state index in [1.54, 1.807) is 48.5 Å². The molecule has 0 bridgehead atoms. The number of ketones is 1. The normalized spacial score (nSPS) is 13.3. The number of fused-ring (bicyclic) bond motifs is 1. The number of nitrogens with one attached hydrogen (secondary N) is 1. The van der Waals surface area contributed by atoms with E-state index in [4.69, 9.17) is 16.3 Å². The van der Waals surface area contributed by atoms with Crippen LogP contribution in [0.5, 0.6) is 11.6 Å². The third kappa shape index (κ3) is 4.28. The number of ether oxygens (including phenoxy) is 1. The third-order valence-electron chi connectivity index (χ3n) is 4.37. The van der Waals surface area contributed by atoms with Crippen LogP contribution in [0.15, 0.2) is 63.8 Å². The predicted octanol–water partition coefficient (Wildman–Crippen LogP) is 4.21. The summed E-state index contributed by atoms with van der Waals surface area (Å²) in [6.07, 6.45) is -0.164. The van der Waals surface area contributed by atoms with E-state index in [1.807, 2.05) is 0 Å². The molecule has 10 nitrogen and oxygen atoms in total. The van der Waals surface area contributed by atoms with Crippen LogP contribution in [-0.4, -0.2) is 39.5 Å². The SMILES string of the molecule is COc1ccc(C(=O)Cc2nc(O)c3n2/C(=N/C(=O)Nc2ccc(Cl)cc2)N=N3)cc1. The zero-order chi connectivity index (χ0) is 22.0. The zero-order valence-electron chi connectivity index (χ0n) is 16.1. The lowest BCUT2D eigenvalue weighted by atomic mass is 10.1. The Kier molecular flexibility index (Phi) is 5.46. The fourth-order valence-electron chi connectivity index (χ4n) is 2.87. The monoisotopic (exact) mass is 438 g/mol. The molecule has 1 aliphatic rings. The molecule has 1 aromatic heterocycles. The van der Waals surface area contributed by atoms with Crippen LogP contribution in [-0.2, 0) is 6.42 Å². The Hall–Kier alpha value is -4.05. The molecule has 0 saturated carbocycles. The predicted molar refractivity (Wildman–Crippen MR) is 113 cm³/mol. The highest BCUT2D eigenvalue weighted by Crippen LogP contribution is 2.32. The lowest BCUT2D eigenvalue weighted by Crippen LogP contribution is -2.17. The molecule has 156 valence electrons. The van der Waals surface area contributed by atoms with E-state index in [0.29, 0.717) is 22.0 Å². The Bertz CT molecular complexity index is 1220. The average Bonchev–Trinajstić information content (AvgIpc) is 3.31. The van der Waals surface area contributed by atoms with Gasteiger partial charge in [-0.05, 0) is 48.5 Å². The molecular formula is C20H15ClN6O4.